The second kappa shape index (κ2) is 3.89. The lowest BCUT2D eigenvalue weighted by molar-refractivity contribution is 0.0983. The molecule has 2 rings (SSSR count). The number of carbonyl (C=O) groups excluding carboxylic acids is 1. The largest absolute Gasteiger partial charge is 0.290 e. The summed E-state index contributed by atoms with van der Waals surface area (Å²) < 4.78 is 0.686. The van der Waals surface area contributed by atoms with Crippen molar-refractivity contribution < 1.29 is 4.79 Å². The minimum absolute atomic E-state index is 0.0861. The van der Waals surface area contributed by atoms with Gasteiger partial charge in [-0.05, 0) is 17.0 Å². The van der Waals surface area contributed by atoms with Gasteiger partial charge < -0.3 is 0 Å². The first-order chi connectivity index (χ1) is 6.75. The third kappa shape index (κ3) is 2.00. The second-order valence-electron chi connectivity index (χ2n) is 2.69. The third-order valence-corrected chi connectivity index (χ3v) is 2.81. The zero-order chi connectivity index (χ0) is 9.97. The van der Waals surface area contributed by atoms with E-state index in [0.29, 0.717) is 10.8 Å². The van der Waals surface area contributed by atoms with Gasteiger partial charge >= 0.3 is 0 Å². The van der Waals surface area contributed by atoms with Crippen molar-refractivity contribution in [1.82, 2.24) is 15.2 Å². The van der Waals surface area contributed by atoms with Gasteiger partial charge in [0.25, 0.3) is 0 Å². The van der Waals surface area contributed by atoms with Gasteiger partial charge in [0.05, 0.1) is 4.34 Å². The molecule has 4 nitrogen and oxygen atoms in total. The summed E-state index contributed by atoms with van der Waals surface area (Å²) in [5, 5.41) is 7.99. The average Bonchev–Trinajstić information content (AvgIpc) is 2.75. The molecule has 0 aliphatic heterocycles. The molecule has 6 heteroatoms. The fourth-order valence-electron chi connectivity index (χ4n) is 1.05. The Balaban J connectivity index is 2.09. The van der Waals surface area contributed by atoms with Gasteiger partial charge in [0, 0.05) is 6.42 Å². The Morgan fingerprint density at radius 3 is 3.07 bits per heavy atom. The molecule has 0 aliphatic carbocycles. The Kier molecular flexibility index (Phi) is 2.60. The Hall–Kier alpha value is -1.20. The summed E-state index contributed by atoms with van der Waals surface area (Å²) in [7, 11) is 0. The maximum absolute atomic E-state index is 11.5. The molecular formula is C8H6ClN3OS. The van der Waals surface area contributed by atoms with Crippen molar-refractivity contribution >= 4 is 28.7 Å². The molecule has 72 valence electrons. The topological polar surface area (TPSA) is 58.6 Å². The number of carbonyl (C=O) groups is 1. The van der Waals surface area contributed by atoms with Crippen LogP contribution in [0.15, 0.2) is 17.8 Å². The summed E-state index contributed by atoms with van der Waals surface area (Å²) in [4.78, 5) is 15.3. The lowest BCUT2D eigenvalue weighted by Crippen LogP contribution is -2.04. The van der Waals surface area contributed by atoms with E-state index in [1.54, 1.807) is 6.07 Å². The fourth-order valence-corrected chi connectivity index (χ4v) is 1.96. The molecular weight excluding hydrogens is 222 g/mol. The van der Waals surface area contributed by atoms with Crippen molar-refractivity contribution in [2.24, 2.45) is 0 Å². The van der Waals surface area contributed by atoms with Crippen molar-refractivity contribution in [3.05, 3.63) is 33.5 Å². The number of hydrogen-bond acceptors (Lipinski definition) is 4. The van der Waals surface area contributed by atoms with Crippen LogP contribution in [0.5, 0.6) is 0 Å². The summed E-state index contributed by atoms with van der Waals surface area (Å²) >= 11 is 7.15. The Bertz CT molecular complexity index is 437. The number of ketones is 1. The lowest BCUT2D eigenvalue weighted by atomic mass is 10.2. The third-order valence-electron chi connectivity index (χ3n) is 1.67. The molecule has 0 unspecified atom stereocenters. The molecule has 14 heavy (non-hydrogen) atoms. The number of rotatable bonds is 3. The van der Waals surface area contributed by atoms with E-state index < -0.39 is 0 Å². The molecule has 0 saturated heterocycles. The van der Waals surface area contributed by atoms with Gasteiger partial charge in [0.1, 0.15) is 6.33 Å². The van der Waals surface area contributed by atoms with E-state index in [1.165, 1.54) is 17.7 Å². The van der Waals surface area contributed by atoms with Crippen molar-refractivity contribution in [2.75, 3.05) is 0 Å². The SMILES string of the molecule is O=C(Cc1csc(Cl)c1)c1ncn[nH]1. The van der Waals surface area contributed by atoms with Crippen molar-refractivity contribution in [3.63, 3.8) is 0 Å². The summed E-state index contributed by atoms with van der Waals surface area (Å²) in [6, 6.07) is 1.78. The Labute approximate surface area is 88.9 Å². The van der Waals surface area contributed by atoms with E-state index >= 15 is 0 Å². The average molecular weight is 228 g/mol. The van der Waals surface area contributed by atoms with E-state index in [0.717, 1.165) is 5.56 Å². The Morgan fingerprint density at radius 1 is 1.64 bits per heavy atom. The van der Waals surface area contributed by atoms with Gasteiger partial charge in [-0.1, -0.05) is 11.6 Å². The van der Waals surface area contributed by atoms with Crippen LogP contribution in [0, 0.1) is 0 Å². The van der Waals surface area contributed by atoms with E-state index in [9.17, 15) is 4.79 Å². The maximum atomic E-state index is 11.5. The highest BCUT2D eigenvalue weighted by Gasteiger charge is 2.10. The zero-order valence-electron chi connectivity index (χ0n) is 7.03. The zero-order valence-corrected chi connectivity index (χ0v) is 8.60. The number of halogens is 1. The first kappa shape index (κ1) is 9.36. The number of nitrogens with one attached hydrogen (secondary N) is 1. The van der Waals surface area contributed by atoms with Crippen LogP contribution in [0.4, 0.5) is 0 Å². The summed E-state index contributed by atoms with van der Waals surface area (Å²) in [5.41, 5.74) is 0.904. The van der Waals surface area contributed by atoms with E-state index in [1.807, 2.05) is 5.38 Å². The lowest BCUT2D eigenvalue weighted by Gasteiger charge is -1.92. The predicted octanol–water partition coefficient (Wildman–Crippen LogP) is 1.94. The van der Waals surface area contributed by atoms with Crippen LogP contribution in [0.25, 0.3) is 0 Å². The highest BCUT2D eigenvalue weighted by atomic mass is 35.5. The fraction of sp³-hybridized carbons (Fsp3) is 0.125. The maximum Gasteiger partial charge on any atom is 0.203 e. The molecule has 0 aromatic carbocycles. The molecule has 0 bridgehead atoms. The molecule has 0 fully saturated rings. The van der Waals surface area contributed by atoms with Gasteiger partial charge in [-0.15, -0.1) is 11.3 Å². The first-order valence-corrected chi connectivity index (χ1v) is 5.13. The van der Waals surface area contributed by atoms with Crippen LogP contribution < -0.4 is 0 Å². The molecule has 1 N–H and O–H groups in total. The molecule has 0 aliphatic rings. The van der Waals surface area contributed by atoms with Crippen molar-refractivity contribution in [1.29, 1.82) is 0 Å². The summed E-state index contributed by atoms with van der Waals surface area (Å²) in [6.45, 7) is 0. The number of nitrogens with zero attached hydrogens (tertiary/aromatic N) is 2. The molecule has 2 heterocycles. The number of H-pyrrole nitrogens is 1. The van der Waals surface area contributed by atoms with Crippen molar-refractivity contribution in [3.8, 4) is 0 Å². The quantitative estimate of drug-likeness (QED) is 0.816. The number of hydrogen-bond donors (Lipinski definition) is 1. The van der Waals surface area contributed by atoms with Crippen LogP contribution >= 0.6 is 22.9 Å². The van der Waals surface area contributed by atoms with Gasteiger partial charge in [-0.25, -0.2) is 4.98 Å². The first-order valence-electron chi connectivity index (χ1n) is 3.87. The van der Waals surface area contributed by atoms with Crippen LogP contribution in [0.2, 0.25) is 4.34 Å². The Morgan fingerprint density at radius 2 is 2.50 bits per heavy atom. The molecule has 0 saturated carbocycles. The monoisotopic (exact) mass is 227 g/mol. The highest BCUT2D eigenvalue weighted by molar-refractivity contribution is 7.14. The van der Waals surface area contributed by atoms with Gasteiger partial charge in [0.2, 0.25) is 5.78 Å². The number of thiophene rings is 1. The van der Waals surface area contributed by atoms with E-state index in [2.05, 4.69) is 15.2 Å². The minimum atomic E-state index is -0.0861. The van der Waals surface area contributed by atoms with Gasteiger partial charge in [0.15, 0.2) is 5.82 Å². The summed E-state index contributed by atoms with van der Waals surface area (Å²) in [5.74, 6) is 0.198. The second-order valence-corrected chi connectivity index (χ2v) is 4.24. The number of aromatic nitrogens is 3. The normalized spacial score (nSPS) is 10.4. The molecule has 0 amide bonds. The van der Waals surface area contributed by atoms with Crippen molar-refractivity contribution in [2.45, 2.75) is 6.42 Å². The standard InChI is InChI=1S/C8H6ClN3OS/c9-7-2-5(3-14-7)1-6(13)8-10-4-11-12-8/h2-4H,1H2,(H,10,11,12). The smallest absolute Gasteiger partial charge is 0.203 e. The molecule has 0 radical (unpaired) electrons. The predicted molar refractivity (Wildman–Crippen MR) is 53.7 cm³/mol. The van der Waals surface area contributed by atoms with Crippen LogP contribution in [0.1, 0.15) is 16.2 Å². The molecule has 2 aromatic rings. The van der Waals surface area contributed by atoms with Crippen LogP contribution in [0.3, 0.4) is 0 Å². The van der Waals surface area contributed by atoms with E-state index in [4.69, 9.17) is 11.6 Å². The van der Waals surface area contributed by atoms with E-state index in [-0.39, 0.29) is 11.6 Å². The molecule has 0 atom stereocenters. The minimum Gasteiger partial charge on any atom is -0.290 e. The van der Waals surface area contributed by atoms with Crippen LogP contribution in [-0.2, 0) is 6.42 Å². The summed E-state index contributed by atoms with van der Waals surface area (Å²) in [6.07, 6.45) is 1.62. The number of aromatic amines is 1. The van der Waals surface area contributed by atoms with Crippen LogP contribution in [-0.4, -0.2) is 21.0 Å². The highest BCUT2D eigenvalue weighted by Crippen LogP contribution is 2.20. The molecule has 0 spiro atoms. The molecule has 2 aromatic heterocycles. The van der Waals surface area contributed by atoms with Gasteiger partial charge in [-0.2, -0.15) is 5.10 Å². The van der Waals surface area contributed by atoms with Gasteiger partial charge in [-0.3, -0.25) is 9.89 Å². The number of Topliss-reactive ketones (excluding diaryl/α,β-unsaturated/α-hetero) is 1.